The first kappa shape index (κ1) is 20.0. The van der Waals surface area contributed by atoms with E-state index in [1.807, 2.05) is 54.7 Å². The van der Waals surface area contributed by atoms with Crippen LogP contribution in [-0.4, -0.2) is 21.7 Å². The van der Waals surface area contributed by atoms with Crippen molar-refractivity contribution in [3.05, 3.63) is 88.9 Å². The van der Waals surface area contributed by atoms with Gasteiger partial charge in [0.05, 0.1) is 11.3 Å². The van der Waals surface area contributed by atoms with Gasteiger partial charge in [0.25, 0.3) is 0 Å². The van der Waals surface area contributed by atoms with Gasteiger partial charge in [0.2, 0.25) is 5.91 Å². The molecule has 0 unspecified atom stereocenters. The Morgan fingerprint density at radius 2 is 1.81 bits per heavy atom. The van der Waals surface area contributed by atoms with Gasteiger partial charge in [-0.1, -0.05) is 49.2 Å². The fourth-order valence-electron chi connectivity index (χ4n) is 4.14. The molecule has 0 atom stereocenters. The minimum absolute atomic E-state index is 0.138. The summed E-state index contributed by atoms with van der Waals surface area (Å²) in [5, 5.41) is 8.53. The Morgan fingerprint density at radius 3 is 2.62 bits per heavy atom. The Labute approximate surface area is 185 Å². The number of para-hydroxylation sites is 2. The molecule has 0 radical (unpaired) electrons. The maximum atomic E-state index is 12.8. The van der Waals surface area contributed by atoms with Crippen LogP contribution in [0.5, 0.6) is 0 Å². The van der Waals surface area contributed by atoms with Crippen LogP contribution >= 0.6 is 0 Å². The Hall–Kier alpha value is -3.93. The minimum atomic E-state index is -0.466. The van der Waals surface area contributed by atoms with Crippen LogP contribution in [0, 0.1) is 0 Å². The summed E-state index contributed by atoms with van der Waals surface area (Å²) in [6, 6.07) is 19.0. The third-order valence-electron chi connectivity index (χ3n) is 5.78. The van der Waals surface area contributed by atoms with Gasteiger partial charge in [0.1, 0.15) is 11.3 Å². The van der Waals surface area contributed by atoms with Gasteiger partial charge in [-0.05, 0) is 43.2 Å². The zero-order valence-electron chi connectivity index (χ0n) is 17.5. The first-order chi connectivity index (χ1) is 15.7. The van der Waals surface area contributed by atoms with Gasteiger partial charge in [-0.15, -0.1) is 0 Å². The van der Waals surface area contributed by atoms with Crippen molar-refractivity contribution in [3.8, 4) is 16.9 Å². The third kappa shape index (κ3) is 4.12. The molecule has 0 spiro atoms. The summed E-state index contributed by atoms with van der Waals surface area (Å²) in [4.78, 5) is 25.2. The van der Waals surface area contributed by atoms with Crippen molar-refractivity contribution >= 4 is 23.0 Å². The van der Waals surface area contributed by atoms with Crippen LogP contribution in [0.25, 0.3) is 34.0 Å². The highest BCUT2D eigenvalue weighted by molar-refractivity contribution is 5.93. The number of rotatable bonds is 5. The fourth-order valence-corrected chi connectivity index (χ4v) is 4.14. The number of hydrogen-bond acceptors (Lipinski definition) is 4. The molecule has 6 nitrogen and oxygen atoms in total. The molecule has 4 aromatic rings. The predicted molar refractivity (Wildman–Crippen MR) is 124 cm³/mol. The number of nitrogens with zero attached hydrogens (tertiary/aromatic N) is 2. The number of amides is 1. The average Bonchev–Trinajstić information content (AvgIpc) is 3.48. The monoisotopic (exact) mass is 425 g/mol. The highest BCUT2D eigenvalue weighted by atomic mass is 16.4. The zero-order chi connectivity index (χ0) is 21.9. The zero-order valence-corrected chi connectivity index (χ0v) is 17.5. The molecular weight excluding hydrogens is 402 g/mol. The molecule has 0 bridgehead atoms. The predicted octanol–water partition coefficient (Wildman–Crippen LogP) is 4.72. The second-order valence-corrected chi connectivity index (χ2v) is 8.02. The lowest BCUT2D eigenvalue weighted by molar-refractivity contribution is -0.117. The van der Waals surface area contributed by atoms with E-state index in [0.717, 1.165) is 36.8 Å². The quantitative estimate of drug-likeness (QED) is 0.371. The average molecular weight is 425 g/mol. The second-order valence-electron chi connectivity index (χ2n) is 8.02. The van der Waals surface area contributed by atoms with Crippen LogP contribution in [0.2, 0.25) is 0 Å². The van der Waals surface area contributed by atoms with Crippen LogP contribution in [0.1, 0.15) is 31.2 Å². The Balaban J connectivity index is 1.55. The van der Waals surface area contributed by atoms with Crippen molar-refractivity contribution in [1.29, 1.82) is 0 Å². The van der Waals surface area contributed by atoms with E-state index in [1.54, 1.807) is 22.9 Å². The van der Waals surface area contributed by atoms with Crippen molar-refractivity contribution in [2.24, 2.45) is 0 Å². The van der Waals surface area contributed by atoms with Gasteiger partial charge in [-0.2, -0.15) is 5.10 Å². The van der Waals surface area contributed by atoms with E-state index in [2.05, 4.69) is 10.4 Å². The molecule has 1 fully saturated rings. The highest BCUT2D eigenvalue weighted by Gasteiger charge is 2.18. The van der Waals surface area contributed by atoms with Crippen LogP contribution < -0.4 is 10.9 Å². The van der Waals surface area contributed by atoms with Gasteiger partial charge in [-0.25, -0.2) is 9.48 Å². The lowest BCUT2D eigenvalue weighted by Gasteiger charge is -2.08. The number of carbonyl (C=O) groups is 1. The van der Waals surface area contributed by atoms with Crippen molar-refractivity contribution in [2.45, 2.75) is 31.7 Å². The molecule has 0 saturated heterocycles. The number of nitrogens with one attached hydrogen (secondary N) is 1. The topological polar surface area (TPSA) is 77.1 Å². The van der Waals surface area contributed by atoms with Gasteiger partial charge in [0, 0.05) is 29.3 Å². The molecule has 1 amide bonds. The number of benzene rings is 2. The van der Waals surface area contributed by atoms with Crippen LogP contribution in [-0.2, 0) is 4.79 Å². The summed E-state index contributed by atoms with van der Waals surface area (Å²) in [6.07, 6.45) is 9.39. The van der Waals surface area contributed by atoms with Crippen LogP contribution in [0.3, 0.4) is 0 Å². The molecule has 2 aromatic carbocycles. The molecule has 5 rings (SSSR count). The van der Waals surface area contributed by atoms with E-state index in [-0.39, 0.29) is 11.9 Å². The summed E-state index contributed by atoms with van der Waals surface area (Å²) < 4.78 is 7.23. The minimum Gasteiger partial charge on any atom is -0.422 e. The Bertz CT molecular complexity index is 1350. The van der Waals surface area contributed by atoms with E-state index in [4.69, 9.17) is 4.42 Å². The standard InChI is InChI=1S/C26H23N3O3/c30-24(27-20-9-5-6-10-20)15-14-19-17-29(21-11-2-1-3-12-21)28-25(19)22-16-18-8-4-7-13-23(18)32-26(22)31/h1-4,7-8,11-17,20H,5-6,9-10H2,(H,27,30). The Morgan fingerprint density at radius 1 is 1.06 bits per heavy atom. The first-order valence-corrected chi connectivity index (χ1v) is 10.8. The maximum absolute atomic E-state index is 12.8. The lowest BCUT2D eigenvalue weighted by Crippen LogP contribution is -2.30. The second kappa shape index (κ2) is 8.67. The van der Waals surface area contributed by atoms with E-state index >= 15 is 0 Å². The summed E-state index contributed by atoms with van der Waals surface area (Å²) in [5.74, 6) is -0.138. The normalized spacial score (nSPS) is 14.4. The molecule has 1 N–H and O–H groups in total. The lowest BCUT2D eigenvalue weighted by atomic mass is 10.1. The summed E-state index contributed by atoms with van der Waals surface area (Å²) in [7, 11) is 0. The van der Waals surface area contributed by atoms with E-state index < -0.39 is 5.63 Å². The van der Waals surface area contributed by atoms with Crippen LogP contribution in [0.15, 0.2) is 82.1 Å². The van der Waals surface area contributed by atoms with Gasteiger partial charge >= 0.3 is 5.63 Å². The van der Waals surface area contributed by atoms with Gasteiger partial charge in [-0.3, -0.25) is 4.79 Å². The molecule has 2 aromatic heterocycles. The number of carbonyl (C=O) groups excluding carboxylic acids is 1. The number of hydrogen-bond donors (Lipinski definition) is 1. The molecular formula is C26H23N3O3. The molecule has 32 heavy (non-hydrogen) atoms. The number of fused-ring (bicyclic) bond motifs is 1. The maximum Gasteiger partial charge on any atom is 0.345 e. The summed E-state index contributed by atoms with van der Waals surface area (Å²) in [5.41, 5.74) is 2.41. The smallest absolute Gasteiger partial charge is 0.345 e. The number of aromatic nitrogens is 2. The van der Waals surface area contributed by atoms with E-state index in [1.165, 1.54) is 6.08 Å². The van der Waals surface area contributed by atoms with Crippen molar-refractivity contribution in [2.75, 3.05) is 0 Å². The first-order valence-electron chi connectivity index (χ1n) is 10.8. The van der Waals surface area contributed by atoms with E-state index in [0.29, 0.717) is 22.4 Å². The SMILES string of the molecule is O=C(C=Cc1cn(-c2ccccc2)nc1-c1cc2ccccc2oc1=O)NC1CCCC1. The molecule has 6 heteroatoms. The summed E-state index contributed by atoms with van der Waals surface area (Å²) >= 11 is 0. The molecule has 1 aliphatic rings. The molecule has 1 aliphatic carbocycles. The van der Waals surface area contributed by atoms with Crippen molar-refractivity contribution in [1.82, 2.24) is 15.1 Å². The van der Waals surface area contributed by atoms with Crippen LogP contribution in [0.4, 0.5) is 0 Å². The van der Waals surface area contributed by atoms with Crippen molar-refractivity contribution < 1.29 is 9.21 Å². The van der Waals surface area contributed by atoms with Crippen molar-refractivity contribution in [3.63, 3.8) is 0 Å². The highest BCUT2D eigenvalue weighted by Crippen LogP contribution is 2.25. The molecule has 0 aliphatic heterocycles. The van der Waals surface area contributed by atoms with Gasteiger partial charge in [0.15, 0.2) is 0 Å². The van der Waals surface area contributed by atoms with Gasteiger partial charge < -0.3 is 9.73 Å². The third-order valence-corrected chi connectivity index (χ3v) is 5.78. The van der Waals surface area contributed by atoms with E-state index in [9.17, 15) is 9.59 Å². The molecule has 1 saturated carbocycles. The molecule has 2 heterocycles. The Kier molecular flexibility index (Phi) is 5.42. The summed E-state index contributed by atoms with van der Waals surface area (Å²) in [6.45, 7) is 0. The largest absolute Gasteiger partial charge is 0.422 e. The molecule has 160 valence electrons. The fraction of sp³-hybridized carbons (Fsp3) is 0.192.